The van der Waals surface area contributed by atoms with Crippen LogP contribution in [0, 0.1) is 0 Å². The summed E-state index contributed by atoms with van der Waals surface area (Å²) in [4.78, 5) is 50.8. The smallest absolute Gasteiger partial charge is 0.338 e. The van der Waals surface area contributed by atoms with Gasteiger partial charge in [-0.3, -0.25) is 24.4 Å². The van der Waals surface area contributed by atoms with Gasteiger partial charge in [0.05, 0.1) is 54.5 Å². The Hall–Kier alpha value is -3.35. The zero-order chi connectivity index (χ0) is 25.5. The lowest BCUT2D eigenvalue weighted by molar-refractivity contribution is -0.0780. The third kappa shape index (κ3) is 6.41. The van der Waals surface area contributed by atoms with Gasteiger partial charge >= 0.3 is 5.97 Å². The van der Waals surface area contributed by atoms with Gasteiger partial charge in [-0.2, -0.15) is 0 Å². The molecule has 2 fully saturated rings. The van der Waals surface area contributed by atoms with Crippen LogP contribution in [-0.2, 0) is 14.3 Å². The van der Waals surface area contributed by atoms with Gasteiger partial charge in [-0.05, 0) is 24.3 Å². The number of hydroxylamine groups is 4. The average Bonchev–Trinajstić information content (AvgIpc) is 3.61. The average molecular weight is 507 g/mol. The van der Waals surface area contributed by atoms with Gasteiger partial charge in [0, 0.05) is 0 Å². The molecular formula is C23H23ClN2O9. The summed E-state index contributed by atoms with van der Waals surface area (Å²) in [5, 5.41) is 19.4. The Morgan fingerprint density at radius 3 is 2.00 bits per heavy atom. The van der Waals surface area contributed by atoms with Crippen molar-refractivity contribution < 1.29 is 43.8 Å². The molecule has 3 amide bonds. The van der Waals surface area contributed by atoms with Crippen molar-refractivity contribution in [3.05, 3.63) is 70.8 Å². The second kappa shape index (κ2) is 11.9. The lowest BCUT2D eigenvalue weighted by Crippen LogP contribution is -2.29. The number of carbonyl (C=O) groups excluding carboxylic acids is 4. The number of hydrogen-bond donors (Lipinski definition) is 2. The highest BCUT2D eigenvalue weighted by Crippen LogP contribution is 2.20. The molecule has 3 heterocycles. The molecule has 0 radical (unpaired) electrons. The minimum atomic E-state index is -0.695. The molecule has 0 bridgehead atoms. The number of nitrogens with zero attached hydrogens (tertiary/aromatic N) is 2. The molecule has 2 aromatic carbocycles. The van der Waals surface area contributed by atoms with Crippen LogP contribution in [-0.4, -0.2) is 89.1 Å². The fourth-order valence-electron chi connectivity index (χ4n) is 3.04. The van der Waals surface area contributed by atoms with Gasteiger partial charge < -0.3 is 14.6 Å². The summed E-state index contributed by atoms with van der Waals surface area (Å²) < 4.78 is 9.34. The first kappa shape index (κ1) is 26.3. The fourth-order valence-corrected chi connectivity index (χ4v) is 3.22. The van der Waals surface area contributed by atoms with Gasteiger partial charge in [-0.1, -0.05) is 24.3 Å². The Morgan fingerprint density at radius 1 is 1.03 bits per heavy atom. The van der Waals surface area contributed by atoms with Crippen LogP contribution in [0.5, 0.6) is 0 Å². The van der Waals surface area contributed by atoms with E-state index >= 15 is 0 Å². The minimum Gasteiger partial charge on any atom is -0.465 e. The predicted molar refractivity (Wildman–Crippen MR) is 120 cm³/mol. The number of rotatable bonds is 3. The maximum Gasteiger partial charge on any atom is 0.338 e. The zero-order valence-electron chi connectivity index (χ0n) is 18.6. The number of halogens is 1. The summed E-state index contributed by atoms with van der Waals surface area (Å²) >= 11 is 5.27. The van der Waals surface area contributed by atoms with Crippen LogP contribution in [0.25, 0.3) is 0 Å². The molecular weight excluding hydrogens is 484 g/mol. The molecule has 0 aliphatic carbocycles. The van der Waals surface area contributed by atoms with Crippen LogP contribution in [0.4, 0.5) is 0 Å². The summed E-state index contributed by atoms with van der Waals surface area (Å²) in [7, 11) is 1.25. The number of ether oxygens (including phenoxy) is 2. The van der Waals surface area contributed by atoms with Crippen molar-refractivity contribution in [3.8, 4) is 0 Å². The Labute approximate surface area is 205 Å². The van der Waals surface area contributed by atoms with Crippen LogP contribution in [0.3, 0.4) is 0 Å². The maximum absolute atomic E-state index is 12.1. The van der Waals surface area contributed by atoms with Crippen molar-refractivity contribution in [2.24, 2.45) is 0 Å². The zero-order valence-corrected chi connectivity index (χ0v) is 19.4. The Balaban J connectivity index is 0.000000171. The number of alkyl halides is 1. The molecule has 2 saturated heterocycles. The molecule has 0 unspecified atom stereocenters. The van der Waals surface area contributed by atoms with Crippen LogP contribution >= 0.6 is 11.6 Å². The van der Waals surface area contributed by atoms with Crippen LogP contribution in [0.1, 0.15) is 41.4 Å². The molecule has 0 spiro atoms. The number of fused-ring (bicyclic) bond motifs is 1. The highest BCUT2D eigenvalue weighted by molar-refractivity contribution is 6.20. The number of aliphatic hydroxyl groups is 1. The first-order valence-electron chi connectivity index (χ1n) is 10.4. The number of esters is 1. The minimum absolute atomic E-state index is 0.0755. The molecule has 12 heteroatoms. The van der Waals surface area contributed by atoms with E-state index in [4.69, 9.17) is 26.4 Å². The number of carbonyl (C=O) groups is 4. The number of aliphatic hydroxyl groups excluding tert-OH is 1. The molecule has 3 aliphatic heterocycles. The van der Waals surface area contributed by atoms with Crippen molar-refractivity contribution in [1.82, 2.24) is 10.1 Å². The van der Waals surface area contributed by atoms with Gasteiger partial charge in [0.1, 0.15) is 12.7 Å². The van der Waals surface area contributed by atoms with E-state index in [2.05, 4.69) is 4.74 Å². The predicted octanol–water partition coefficient (Wildman–Crippen LogP) is 1.52. The third-order valence-corrected chi connectivity index (χ3v) is 5.28. The summed E-state index contributed by atoms with van der Waals surface area (Å²) in [6.45, 7) is 1.05. The van der Waals surface area contributed by atoms with E-state index in [1.54, 1.807) is 24.3 Å². The standard InChI is InChI=1S/C12H13NO5.C8H5NO3.C3H5ClO/c1-17-12(16)10-5-3-2-4-9(10)11(15)13-6-8(14)7-18-13;10-7-5-3-1-2-4-6(5)8(11)9(7)12;4-1-3-2-5-3/h2-5,8,14H,6-7H2,1H3;1-4,12H;3H,1-2H2/t8-;;3-/m0.0/s1. The molecule has 2 aromatic rings. The molecule has 2 N–H and O–H groups in total. The SMILES string of the molecule is COC(=O)c1ccccc1C(=O)N1C[C@H](O)CO1.ClC[C@H]1CO1.O=C1c2ccccc2C(=O)N1O. The van der Waals surface area contributed by atoms with Gasteiger partial charge in [0.25, 0.3) is 17.7 Å². The van der Waals surface area contributed by atoms with Crippen molar-refractivity contribution in [2.75, 3.05) is 32.7 Å². The number of imide groups is 1. The van der Waals surface area contributed by atoms with Gasteiger partial charge in [0.15, 0.2) is 0 Å². The first-order chi connectivity index (χ1) is 16.8. The highest BCUT2D eigenvalue weighted by Gasteiger charge is 2.34. The van der Waals surface area contributed by atoms with Crippen LogP contribution in [0.15, 0.2) is 48.5 Å². The maximum atomic E-state index is 12.1. The normalized spacial score (nSPS) is 19.8. The third-order valence-electron chi connectivity index (χ3n) is 4.94. The van der Waals surface area contributed by atoms with Crippen molar-refractivity contribution >= 4 is 35.3 Å². The number of methoxy groups -OCH3 is 1. The largest absolute Gasteiger partial charge is 0.465 e. The second-order valence-corrected chi connectivity index (χ2v) is 7.74. The van der Waals surface area contributed by atoms with Gasteiger partial charge in [-0.25, -0.2) is 9.86 Å². The van der Waals surface area contributed by atoms with E-state index in [0.717, 1.165) is 11.7 Å². The Morgan fingerprint density at radius 2 is 1.57 bits per heavy atom. The Bertz CT molecular complexity index is 1070. The van der Waals surface area contributed by atoms with E-state index in [0.29, 0.717) is 12.0 Å². The van der Waals surface area contributed by atoms with Crippen molar-refractivity contribution in [3.63, 3.8) is 0 Å². The van der Waals surface area contributed by atoms with Gasteiger partial charge in [-0.15, -0.1) is 16.7 Å². The number of β-amino-alcohol motifs (C(OH)–C–C–N with tert-alkyl or cyclic N) is 1. The van der Waals surface area contributed by atoms with Gasteiger partial charge in [0.2, 0.25) is 0 Å². The van der Waals surface area contributed by atoms with E-state index in [1.165, 1.54) is 31.4 Å². The van der Waals surface area contributed by atoms with E-state index in [-0.39, 0.29) is 40.5 Å². The first-order valence-corrected chi connectivity index (χ1v) is 11.0. The van der Waals surface area contributed by atoms with E-state index < -0.39 is 29.8 Å². The van der Waals surface area contributed by atoms with E-state index in [1.807, 2.05) is 0 Å². The molecule has 2 atom stereocenters. The monoisotopic (exact) mass is 506 g/mol. The molecule has 0 aromatic heterocycles. The lowest BCUT2D eigenvalue weighted by atomic mass is 10.1. The number of hydrogen-bond acceptors (Lipinski definition) is 9. The summed E-state index contributed by atoms with van der Waals surface area (Å²) in [5.41, 5.74) is 0.878. The summed E-state index contributed by atoms with van der Waals surface area (Å²) in [6.07, 6.45) is -0.295. The van der Waals surface area contributed by atoms with Crippen molar-refractivity contribution in [2.45, 2.75) is 12.2 Å². The van der Waals surface area contributed by atoms with Crippen molar-refractivity contribution in [1.29, 1.82) is 0 Å². The highest BCUT2D eigenvalue weighted by atomic mass is 35.5. The number of epoxide rings is 1. The second-order valence-electron chi connectivity index (χ2n) is 7.43. The number of amides is 3. The fraction of sp³-hybridized carbons (Fsp3) is 0.304. The molecule has 35 heavy (non-hydrogen) atoms. The topological polar surface area (TPSA) is 146 Å². The summed E-state index contributed by atoms with van der Waals surface area (Å²) in [6, 6.07) is 12.6. The quantitative estimate of drug-likeness (QED) is 0.208. The number of benzene rings is 2. The molecule has 5 rings (SSSR count). The molecule has 11 nitrogen and oxygen atoms in total. The molecule has 0 saturated carbocycles. The van der Waals surface area contributed by atoms with E-state index in [9.17, 15) is 24.3 Å². The van der Waals surface area contributed by atoms with Crippen LogP contribution < -0.4 is 0 Å². The lowest BCUT2D eigenvalue weighted by Gasteiger charge is -2.15. The molecule has 186 valence electrons. The van der Waals surface area contributed by atoms with Crippen LogP contribution in [0.2, 0.25) is 0 Å². The Kier molecular flexibility index (Phi) is 8.90. The summed E-state index contributed by atoms with van der Waals surface area (Å²) in [5.74, 6) is -1.70. The molecule has 3 aliphatic rings.